The first kappa shape index (κ1) is 8.14. The fourth-order valence-corrected chi connectivity index (χ4v) is 2.10. The molecule has 0 bridgehead atoms. The third-order valence-electron chi connectivity index (χ3n) is 1.93. The van der Waals surface area contributed by atoms with Crippen molar-refractivity contribution in [2.75, 3.05) is 13.2 Å². The number of rotatable bonds is 2. The summed E-state index contributed by atoms with van der Waals surface area (Å²) in [5.74, 6) is 0. The number of benzene rings is 1. The highest BCUT2D eigenvalue weighted by Gasteiger charge is 2.18. The molecule has 12 heavy (non-hydrogen) atoms. The molecule has 0 unspecified atom stereocenters. The minimum Gasteiger partial charge on any atom is -0.379 e. The van der Waals surface area contributed by atoms with E-state index in [1.807, 2.05) is 11.8 Å². The minimum atomic E-state index is 0.688. The molecule has 2 heteroatoms. The maximum Gasteiger partial charge on any atom is 0.0611 e. The molecule has 0 amide bonds. The van der Waals surface area contributed by atoms with Gasteiger partial charge >= 0.3 is 0 Å². The number of hydrogen-bond acceptors (Lipinski definition) is 2. The quantitative estimate of drug-likeness (QED) is 0.691. The number of hydrogen-bond donors (Lipinski definition) is 0. The molecule has 0 radical (unpaired) electrons. The smallest absolute Gasteiger partial charge is 0.0611 e. The zero-order chi connectivity index (χ0) is 8.39. The molecule has 0 aromatic heterocycles. The third kappa shape index (κ3) is 1.82. The van der Waals surface area contributed by atoms with E-state index in [4.69, 9.17) is 4.74 Å². The summed E-state index contributed by atoms with van der Waals surface area (Å²) in [5, 5.41) is 0.688. The largest absolute Gasteiger partial charge is 0.379 e. The highest BCUT2D eigenvalue weighted by atomic mass is 32.2. The first-order valence-corrected chi connectivity index (χ1v) is 5.03. The molecule has 1 aromatic carbocycles. The maximum absolute atomic E-state index is 5.11. The average Bonchev–Trinajstić information content (AvgIpc) is 2.00. The normalized spacial score (nSPS) is 17.4. The molecule has 1 aromatic rings. The molecule has 1 heterocycles. The van der Waals surface area contributed by atoms with Crippen LogP contribution >= 0.6 is 11.8 Å². The lowest BCUT2D eigenvalue weighted by Gasteiger charge is -2.25. The molecular weight excluding hydrogens is 168 g/mol. The summed E-state index contributed by atoms with van der Waals surface area (Å²) in [5.41, 5.74) is 1.32. The summed E-state index contributed by atoms with van der Waals surface area (Å²) in [6.07, 6.45) is 0. The Hall–Kier alpha value is -0.470. The zero-order valence-corrected chi connectivity index (χ0v) is 7.93. The lowest BCUT2D eigenvalue weighted by molar-refractivity contribution is 0.0455. The van der Waals surface area contributed by atoms with Crippen LogP contribution in [0.4, 0.5) is 0 Å². The molecular formula is C10H12OS. The fraction of sp³-hybridized carbons (Fsp3) is 0.400. The molecule has 0 N–H and O–H groups in total. The summed E-state index contributed by atoms with van der Waals surface area (Å²) in [4.78, 5) is 1.36. The van der Waals surface area contributed by atoms with Crippen LogP contribution in [0.5, 0.6) is 0 Å². The molecule has 64 valence electrons. The van der Waals surface area contributed by atoms with Crippen LogP contribution in [-0.4, -0.2) is 18.5 Å². The van der Waals surface area contributed by atoms with Crippen LogP contribution in [0.25, 0.3) is 0 Å². The number of thioether (sulfide) groups is 1. The Kier molecular flexibility index (Phi) is 2.38. The fourth-order valence-electron chi connectivity index (χ4n) is 1.09. The van der Waals surface area contributed by atoms with Crippen LogP contribution in [0, 0.1) is 6.92 Å². The highest BCUT2D eigenvalue weighted by molar-refractivity contribution is 8.00. The van der Waals surface area contributed by atoms with Gasteiger partial charge in [0.05, 0.1) is 18.5 Å². The zero-order valence-electron chi connectivity index (χ0n) is 7.12. The van der Waals surface area contributed by atoms with Crippen LogP contribution < -0.4 is 0 Å². The van der Waals surface area contributed by atoms with Gasteiger partial charge in [-0.25, -0.2) is 0 Å². The van der Waals surface area contributed by atoms with E-state index in [2.05, 4.69) is 31.2 Å². The topological polar surface area (TPSA) is 9.23 Å². The van der Waals surface area contributed by atoms with Crippen molar-refractivity contribution in [2.45, 2.75) is 17.1 Å². The van der Waals surface area contributed by atoms with Gasteiger partial charge in [-0.3, -0.25) is 0 Å². The molecule has 1 aliphatic rings. The van der Waals surface area contributed by atoms with Crippen molar-refractivity contribution in [2.24, 2.45) is 0 Å². The lowest BCUT2D eigenvalue weighted by Crippen LogP contribution is -2.29. The molecule has 0 saturated carbocycles. The second-order valence-corrected chi connectivity index (χ2v) is 4.46. The van der Waals surface area contributed by atoms with E-state index >= 15 is 0 Å². The van der Waals surface area contributed by atoms with Crippen LogP contribution in [0.15, 0.2) is 29.2 Å². The van der Waals surface area contributed by atoms with Gasteiger partial charge < -0.3 is 4.74 Å². The van der Waals surface area contributed by atoms with Crippen LogP contribution in [0.2, 0.25) is 0 Å². The molecule has 1 nitrogen and oxygen atoms in total. The van der Waals surface area contributed by atoms with E-state index in [0.29, 0.717) is 5.25 Å². The predicted octanol–water partition coefficient (Wildman–Crippen LogP) is 2.49. The predicted molar refractivity (Wildman–Crippen MR) is 51.6 cm³/mol. The first-order chi connectivity index (χ1) is 5.84. The number of aryl methyl sites for hydroxylation is 1. The monoisotopic (exact) mass is 180 g/mol. The Balaban J connectivity index is 1.98. The van der Waals surface area contributed by atoms with Gasteiger partial charge in [-0.05, 0) is 19.1 Å². The molecule has 2 rings (SSSR count). The van der Waals surface area contributed by atoms with E-state index in [1.54, 1.807) is 0 Å². The average molecular weight is 180 g/mol. The van der Waals surface area contributed by atoms with Crippen molar-refractivity contribution < 1.29 is 4.74 Å². The van der Waals surface area contributed by atoms with Gasteiger partial charge in [-0.2, -0.15) is 0 Å². The Bertz CT molecular complexity index is 251. The van der Waals surface area contributed by atoms with Gasteiger partial charge in [0.2, 0.25) is 0 Å². The number of ether oxygens (including phenoxy) is 1. The molecule has 0 aliphatic carbocycles. The van der Waals surface area contributed by atoms with Gasteiger partial charge in [0, 0.05) is 4.90 Å². The molecule has 1 aliphatic heterocycles. The molecule has 0 spiro atoms. The third-order valence-corrected chi connectivity index (χ3v) is 3.08. The van der Waals surface area contributed by atoms with Crippen LogP contribution in [0.1, 0.15) is 5.56 Å². The van der Waals surface area contributed by atoms with Crippen molar-refractivity contribution >= 4 is 11.8 Å². The van der Waals surface area contributed by atoms with Gasteiger partial charge in [0.25, 0.3) is 0 Å². The molecule has 1 saturated heterocycles. The summed E-state index contributed by atoms with van der Waals surface area (Å²) in [7, 11) is 0. The van der Waals surface area contributed by atoms with Gasteiger partial charge in [-0.1, -0.05) is 17.7 Å². The van der Waals surface area contributed by atoms with Crippen molar-refractivity contribution in [3.8, 4) is 0 Å². The van der Waals surface area contributed by atoms with E-state index in [0.717, 1.165) is 13.2 Å². The van der Waals surface area contributed by atoms with Gasteiger partial charge in [0.15, 0.2) is 0 Å². The second-order valence-electron chi connectivity index (χ2n) is 3.09. The first-order valence-electron chi connectivity index (χ1n) is 4.16. The Labute approximate surface area is 77.1 Å². The Morgan fingerprint density at radius 1 is 1.25 bits per heavy atom. The van der Waals surface area contributed by atoms with Crippen LogP contribution in [0.3, 0.4) is 0 Å². The minimum absolute atomic E-state index is 0.688. The van der Waals surface area contributed by atoms with E-state index in [9.17, 15) is 0 Å². The summed E-state index contributed by atoms with van der Waals surface area (Å²) in [6, 6.07) is 8.67. The van der Waals surface area contributed by atoms with E-state index in [1.165, 1.54) is 10.5 Å². The SMILES string of the molecule is Cc1ccc(SC2COC2)cc1. The summed E-state index contributed by atoms with van der Waals surface area (Å²) < 4.78 is 5.11. The van der Waals surface area contributed by atoms with Crippen molar-refractivity contribution in [1.29, 1.82) is 0 Å². The molecule has 0 atom stereocenters. The van der Waals surface area contributed by atoms with Crippen molar-refractivity contribution in [3.05, 3.63) is 29.8 Å². The highest BCUT2D eigenvalue weighted by Crippen LogP contribution is 2.27. The Morgan fingerprint density at radius 3 is 2.42 bits per heavy atom. The van der Waals surface area contributed by atoms with E-state index < -0.39 is 0 Å². The van der Waals surface area contributed by atoms with Crippen LogP contribution in [-0.2, 0) is 4.74 Å². The van der Waals surface area contributed by atoms with Crippen molar-refractivity contribution in [1.82, 2.24) is 0 Å². The second kappa shape index (κ2) is 3.50. The summed E-state index contributed by atoms with van der Waals surface area (Å²) in [6.45, 7) is 3.94. The van der Waals surface area contributed by atoms with Crippen molar-refractivity contribution in [3.63, 3.8) is 0 Å². The van der Waals surface area contributed by atoms with Gasteiger partial charge in [-0.15, -0.1) is 11.8 Å². The standard InChI is InChI=1S/C10H12OS/c1-8-2-4-9(5-3-8)12-10-6-11-7-10/h2-5,10H,6-7H2,1H3. The van der Waals surface area contributed by atoms with Gasteiger partial charge in [0.1, 0.15) is 0 Å². The maximum atomic E-state index is 5.11. The lowest BCUT2D eigenvalue weighted by atomic mass is 10.2. The summed E-state index contributed by atoms with van der Waals surface area (Å²) >= 11 is 1.91. The molecule has 1 fully saturated rings. The Morgan fingerprint density at radius 2 is 1.92 bits per heavy atom. The van der Waals surface area contributed by atoms with E-state index in [-0.39, 0.29) is 0 Å².